The first-order valence-electron chi connectivity index (χ1n) is 7.45. The van der Waals surface area contributed by atoms with Crippen LogP contribution in [0.5, 0.6) is 0 Å². The van der Waals surface area contributed by atoms with E-state index in [1.165, 1.54) is 17.3 Å². The van der Waals surface area contributed by atoms with Gasteiger partial charge < -0.3 is 4.57 Å². The van der Waals surface area contributed by atoms with Gasteiger partial charge in [0.15, 0.2) is 21.0 Å². The Labute approximate surface area is 157 Å². The summed E-state index contributed by atoms with van der Waals surface area (Å²) in [5.74, 6) is 0.839. The van der Waals surface area contributed by atoms with E-state index in [4.69, 9.17) is 0 Å². The Bertz CT molecular complexity index is 1060. The third-order valence-corrected chi connectivity index (χ3v) is 6.82. The Morgan fingerprint density at radius 1 is 1.16 bits per heavy atom. The summed E-state index contributed by atoms with van der Waals surface area (Å²) in [6, 6.07) is 8.25. The summed E-state index contributed by atoms with van der Waals surface area (Å²) >= 11 is 4.70. The summed E-state index contributed by atoms with van der Waals surface area (Å²) in [5.41, 5.74) is 2.98. The van der Waals surface area contributed by atoms with E-state index in [1.807, 2.05) is 30.0 Å². The lowest BCUT2D eigenvalue weighted by Crippen LogP contribution is -1.95. The summed E-state index contributed by atoms with van der Waals surface area (Å²) in [4.78, 5) is 13.2. The zero-order valence-corrected chi connectivity index (χ0v) is 16.2. The molecule has 25 heavy (non-hydrogen) atoms. The fraction of sp³-hybridized carbons (Fsp3) is 0.188. The largest absolute Gasteiger partial charge is 0.305 e. The van der Waals surface area contributed by atoms with Gasteiger partial charge in [-0.3, -0.25) is 0 Å². The van der Waals surface area contributed by atoms with Crippen LogP contribution in [0.3, 0.4) is 0 Å². The molecule has 0 radical (unpaired) electrons. The molecule has 4 aromatic rings. The third-order valence-electron chi connectivity index (χ3n) is 3.61. The molecule has 3 heterocycles. The molecular formula is C16H14N6S3. The predicted octanol–water partition coefficient (Wildman–Crippen LogP) is 4.06. The molecule has 0 N–H and O–H groups in total. The van der Waals surface area contributed by atoms with Crippen LogP contribution in [0.15, 0.2) is 45.1 Å². The normalized spacial score (nSPS) is 11.3. The quantitative estimate of drug-likeness (QED) is 0.387. The van der Waals surface area contributed by atoms with E-state index >= 15 is 0 Å². The number of hydrogen-bond donors (Lipinski definition) is 0. The topological polar surface area (TPSA) is 69.4 Å². The van der Waals surface area contributed by atoms with Crippen LogP contribution >= 0.6 is 34.9 Å². The number of benzene rings is 1. The molecule has 0 aliphatic heterocycles. The Balaban J connectivity index is 1.72. The van der Waals surface area contributed by atoms with Crippen LogP contribution in [0.1, 0.15) is 5.56 Å². The fourth-order valence-corrected chi connectivity index (χ4v) is 4.81. The van der Waals surface area contributed by atoms with Crippen molar-refractivity contribution in [3.05, 3.63) is 36.2 Å². The SMILES string of the molecule is CSc1nc2ncnc(Sc3nnc(-c4cccc(C)c4)n3C)c2s1. The van der Waals surface area contributed by atoms with Crippen molar-refractivity contribution in [3.63, 3.8) is 0 Å². The van der Waals surface area contributed by atoms with E-state index in [0.717, 1.165) is 36.3 Å². The van der Waals surface area contributed by atoms with Crippen molar-refractivity contribution < 1.29 is 0 Å². The number of thiazole rings is 1. The molecule has 1 aromatic carbocycles. The standard InChI is InChI=1S/C16H14N6S3/c1-9-5-4-6-10(7-9)13-20-21-15(22(13)2)25-14-11-12(17-8-18-14)19-16(23-3)24-11/h4-8H,1-3H3. The molecule has 6 nitrogen and oxygen atoms in total. The molecular weight excluding hydrogens is 372 g/mol. The number of rotatable bonds is 4. The lowest BCUT2D eigenvalue weighted by Gasteiger charge is -2.04. The number of fused-ring (bicyclic) bond motifs is 1. The van der Waals surface area contributed by atoms with Gasteiger partial charge >= 0.3 is 0 Å². The van der Waals surface area contributed by atoms with Crippen LogP contribution in [0, 0.1) is 6.92 Å². The lowest BCUT2D eigenvalue weighted by molar-refractivity contribution is 0.792. The van der Waals surface area contributed by atoms with E-state index in [0.29, 0.717) is 0 Å². The smallest absolute Gasteiger partial charge is 0.197 e. The van der Waals surface area contributed by atoms with Gasteiger partial charge in [0.2, 0.25) is 0 Å². The molecule has 0 amide bonds. The Kier molecular flexibility index (Phi) is 4.45. The van der Waals surface area contributed by atoms with Crippen molar-refractivity contribution in [3.8, 4) is 11.4 Å². The van der Waals surface area contributed by atoms with Crippen molar-refractivity contribution in [2.24, 2.45) is 7.05 Å². The number of nitrogens with zero attached hydrogens (tertiary/aromatic N) is 6. The van der Waals surface area contributed by atoms with Crippen molar-refractivity contribution in [2.75, 3.05) is 6.26 Å². The van der Waals surface area contributed by atoms with Gasteiger partial charge in [-0.2, -0.15) is 0 Å². The first kappa shape index (κ1) is 16.5. The van der Waals surface area contributed by atoms with Crippen LogP contribution in [0.4, 0.5) is 0 Å². The third kappa shape index (κ3) is 3.14. The maximum absolute atomic E-state index is 4.49. The number of aryl methyl sites for hydroxylation is 1. The first-order valence-corrected chi connectivity index (χ1v) is 10.3. The molecule has 0 bridgehead atoms. The van der Waals surface area contributed by atoms with Gasteiger partial charge in [0.05, 0.1) is 0 Å². The highest BCUT2D eigenvalue weighted by Crippen LogP contribution is 2.36. The summed E-state index contributed by atoms with van der Waals surface area (Å²) in [6.07, 6.45) is 3.56. The van der Waals surface area contributed by atoms with Crippen molar-refractivity contribution in [1.29, 1.82) is 0 Å². The molecule has 0 saturated heterocycles. The van der Waals surface area contributed by atoms with Gasteiger partial charge in [0.1, 0.15) is 16.1 Å². The van der Waals surface area contributed by atoms with Gasteiger partial charge in [-0.05, 0) is 31.0 Å². The zero-order valence-electron chi connectivity index (χ0n) is 13.8. The van der Waals surface area contributed by atoms with E-state index < -0.39 is 0 Å². The molecule has 0 spiro atoms. The number of hydrogen-bond acceptors (Lipinski definition) is 8. The fourth-order valence-electron chi connectivity index (χ4n) is 2.40. The highest BCUT2D eigenvalue weighted by atomic mass is 32.2. The molecule has 3 aromatic heterocycles. The summed E-state index contributed by atoms with van der Waals surface area (Å²) in [5, 5.41) is 10.3. The zero-order chi connectivity index (χ0) is 17.4. The van der Waals surface area contributed by atoms with E-state index in [2.05, 4.69) is 44.2 Å². The summed E-state index contributed by atoms with van der Waals surface area (Å²) in [7, 11) is 1.97. The second-order valence-electron chi connectivity index (χ2n) is 5.35. The molecule has 0 aliphatic carbocycles. The molecule has 0 fully saturated rings. The van der Waals surface area contributed by atoms with Gasteiger partial charge in [-0.1, -0.05) is 35.5 Å². The predicted molar refractivity (Wildman–Crippen MR) is 102 cm³/mol. The van der Waals surface area contributed by atoms with Gasteiger partial charge in [0.25, 0.3) is 0 Å². The van der Waals surface area contributed by atoms with E-state index in [9.17, 15) is 0 Å². The monoisotopic (exact) mass is 386 g/mol. The Morgan fingerprint density at radius 3 is 2.84 bits per heavy atom. The Morgan fingerprint density at radius 2 is 2.04 bits per heavy atom. The van der Waals surface area contributed by atoms with Gasteiger partial charge in [0, 0.05) is 12.6 Å². The Hall–Kier alpha value is -1.97. The van der Waals surface area contributed by atoms with Crippen molar-refractivity contribution >= 4 is 45.2 Å². The lowest BCUT2D eigenvalue weighted by atomic mass is 10.1. The van der Waals surface area contributed by atoms with Crippen LogP contribution in [0.25, 0.3) is 21.7 Å². The second kappa shape index (κ2) is 6.74. The molecule has 0 saturated carbocycles. The van der Waals surface area contributed by atoms with Gasteiger partial charge in [-0.15, -0.1) is 21.5 Å². The van der Waals surface area contributed by atoms with Crippen LogP contribution in [-0.2, 0) is 7.05 Å². The molecule has 126 valence electrons. The minimum Gasteiger partial charge on any atom is -0.305 e. The summed E-state index contributed by atoms with van der Waals surface area (Å²) < 4.78 is 3.96. The van der Waals surface area contributed by atoms with Crippen LogP contribution < -0.4 is 0 Å². The van der Waals surface area contributed by atoms with E-state index in [1.54, 1.807) is 29.4 Å². The number of aromatic nitrogens is 6. The van der Waals surface area contributed by atoms with Crippen molar-refractivity contribution in [2.45, 2.75) is 21.4 Å². The molecule has 4 rings (SSSR count). The highest BCUT2D eigenvalue weighted by Gasteiger charge is 2.16. The highest BCUT2D eigenvalue weighted by molar-refractivity contribution is 8.00. The molecule has 0 atom stereocenters. The van der Waals surface area contributed by atoms with E-state index in [-0.39, 0.29) is 0 Å². The average Bonchev–Trinajstić information content (AvgIpc) is 3.19. The molecule has 9 heteroatoms. The molecule has 0 aliphatic rings. The number of thioether (sulfide) groups is 1. The average molecular weight is 387 g/mol. The minimum atomic E-state index is 0.730. The van der Waals surface area contributed by atoms with Gasteiger partial charge in [-0.25, -0.2) is 15.0 Å². The second-order valence-corrected chi connectivity index (χ2v) is 8.36. The minimum absolute atomic E-state index is 0.730. The maximum Gasteiger partial charge on any atom is 0.197 e. The van der Waals surface area contributed by atoms with Crippen LogP contribution in [-0.4, -0.2) is 36.0 Å². The van der Waals surface area contributed by atoms with Crippen molar-refractivity contribution in [1.82, 2.24) is 29.7 Å². The first-order chi connectivity index (χ1) is 12.2. The van der Waals surface area contributed by atoms with Crippen LogP contribution in [0.2, 0.25) is 0 Å². The molecule has 0 unspecified atom stereocenters. The maximum atomic E-state index is 4.49. The summed E-state index contributed by atoms with van der Waals surface area (Å²) in [6.45, 7) is 2.07.